The lowest BCUT2D eigenvalue weighted by Gasteiger charge is -2.26. The smallest absolute Gasteiger partial charge is 0.459 e. The van der Waals surface area contributed by atoms with Gasteiger partial charge >= 0.3 is 13.7 Å². The highest BCUT2D eigenvalue weighted by molar-refractivity contribution is 7.52. The molecule has 13 heteroatoms. The molecule has 12 nitrogen and oxygen atoms in total. The zero-order valence-corrected chi connectivity index (χ0v) is 21.9. The van der Waals surface area contributed by atoms with Crippen LogP contribution in [0.1, 0.15) is 19.3 Å². The summed E-state index contributed by atoms with van der Waals surface area (Å²) in [4.78, 5) is 35.9. The van der Waals surface area contributed by atoms with Crippen LogP contribution < -0.4 is 14.9 Å². The molecule has 0 radical (unpaired) electrons. The van der Waals surface area contributed by atoms with Crippen molar-refractivity contribution in [2.75, 3.05) is 33.4 Å². The van der Waals surface area contributed by atoms with Gasteiger partial charge in [0.1, 0.15) is 24.6 Å². The van der Waals surface area contributed by atoms with Gasteiger partial charge in [0.25, 0.3) is 5.91 Å². The molecule has 0 aliphatic carbocycles. The molecule has 0 bridgehead atoms. The van der Waals surface area contributed by atoms with Gasteiger partial charge in [-0.1, -0.05) is 24.1 Å². The summed E-state index contributed by atoms with van der Waals surface area (Å²) in [5.41, 5.74) is 0. The number of benzene rings is 1. The van der Waals surface area contributed by atoms with E-state index in [0.29, 0.717) is 32.5 Å². The minimum absolute atomic E-state index is 0.149. The number of ether oxygens (including phenoxy) is 3. The minimum atomic E-state index is -4.03. The quantitative estimate of drug-likeness (QED) is 0.122. The van der Waals surface area contributed by atoms with Gasteiger partial charge in [-0.15, -0.1) is 6.42 Å². The van der Waals surface area contributed by atoms with Crippen molar-refractivity contribution in [2.45, 2.75) is 37.7 Å². The number of hydrogen-bond donors (Lipinski definition) is 2. The summed E-state index contributed by atoms with van der Waals surface area (Å²) in [7, 11) is -2.36. The van der Waals surface area contributed by atoms with Crippen LogP contribution >= 0.6 is 7.75 Å². The minimum Gasteiger partial charge on any atom is -0.461 e. The average Bonchev–Trinajstić information content (AvgIpc) is 3.35. The van der Waals surface area contributed by atoms with Crippen molar-refractivity contribution in [3.63, 3.8) is 0 Å². The molecular formula is C25H32N3O9P. The van der Waals surface area contributed by atoms with E-state index in [2.05, 4.69) is 11.0 Å². The van der Waals surface area contributed by atoms with Crippen LogP contribution in [0.15, 0.2) is 42.6 Å². The third kappa shape index (κ3) is 9.28. The number of nitrogens with one attached hydrogen (secondary N) is 2. The lowest BCUT2D eigenvalue weighted by Crippen LogP contribution is -2.33. The number of hydrogen-bond acceptors (Lipinski definition) is 10. The Morgan fingerprint density at radius 3 is 2.68 bits per heavy atom. The molecule has 0 saturated carbocycles. The first-order valence-electron chi connectivity index (χ1n) is 12.1. The zero-order chi connectivity index (χ0) is 27.4. The van der Waals surface area contributed by atoms with Gasteiger partial charge < -0.3 is 23.6 Å². The van der Waals surface area contributed by atoms with Crippen molar-refractivity contribution < 1.29 is 42.2 Å². The Morgan fingerprint density at radius 1 is 1.26 bits per heavy atom. The van der Waals surface area contributed by atoms with E-state index in [1.807, 2.05) is 5.32 Å². The van der Waals surface area contributed by atoms with E-state index in [9.17, 15) is 18.9 Å². The number of nitrogens with zero attached hydrogens (tertiary/aromatic N) is 1. The van der Waals surface area contributed by atoms with Crippen LogP contribution in [0.2, 0.25) is 0 Å². The monoisotopic (exact) mass is 549 g/mol. The van der Waals surface area contributed by atoms with E-state index < -0.39 is 32.0 Å². The number of carbonyl (C=O) groups excluding carboxylic acids is 3. The zero-order valence-electron chi connectivity index (χ0n) is 21.0. The van der Waals surface area contributed by atoms with Gasteiger partial charge in [0.2, 0.25) is 6.41 Å². The highest BCUT2D eigenvalue weighted by atomic mass is 31.2. The molecule has 2 aliphatic heterocycles. The molecule has 0 spiro atoms. The molecule has 38 heavy (non-hydrogen) atoms. The molecule has 1 aromatic carbocycles. The molecule has 3 rings (SSSR count). The SMILES string of the molecule is C#CC1CC(COP(=O)(NCC(=O)OC2CCOCC2)Oc2ccccc2)OC1N(C)/C=C\C(=O)NC=O. The summed E-state index contributed by atoms with van der Waals surface area (Å²) in [6.07, 6.45) is 8.74. The predicted molar refractivity (Wildman–Crippen MR) is 135 cm³/mol. The number of imide groups is 1. The molecule has 4 atom stereocenters. The van der Waals surface area contributed by atoms with Crippen molar-refractivity contribution in [1.29, 1.82) is 0 Å². The Hall–Kier alpha value is -3.20. The topological polar surface area (TPSA) is 142 Å². The molecule has 2 N–H and O–H groups in total. The standard InChI is InChI=1S/C25H32N3O9P/c1-3-19-15-22(36-25(19)28(2)12-9-23(30)26-18-29)17-34-38(32,37-21-7-5-4-6-8-21)27-16-24(31)35-20-10-13-33-14-11-20/h1,4-9,12,18-20,22,25H,10-11,13-17H2,2H3,(H,27,32)(H,26,29,30)/b12-9-. The molecule has 1 aromatic rings. The molecule has 206 valence electrons. The third-order valence-electron chi connectivity index (χ3n) is 5.75. The maximum Gasteiger partial charge on any atom is 0.459 e. The summed E-state index contributed by atoms with van der Waals surface area (Å²) < 4.78 is 41.5. The van der Waals surface area contributed by atoms with E-state index in [-0.39, 0.29) is 37.3 Å². The lowest BCUT2D eigenvalue weighted by molar-refractivity contribution is -0.151. The second kappa shape index (κ2) is 14.7. The first kappa shape index (κ1) is 29.4. The van der Waals surface area contributed by atoms with Crippen molar-refractivity contribution in [3.05, 3.63) is 42.6 Å². The fourth-order valence-electron chi connectivity index (χ4n) is 3.85. The molecule has 4 unspecified atom stereocenters. The number of para-hydroxylation sites is 1. The molecule has 2 saturated heterocycles. The van der Waals surface area contributed by atoms with Crippen LogP contribution in [0, 0.1) is 18.3 Å². The largest absolute Gasteiger partial charge is 0.461 e. The summed E-state index contributed by atoms with van der Waals surface area (Å²) in [5, 5.41) is 4.58. The van der Waals surface area contributed by atoms with E-state index in [1.54, 1.807) is 42.3 Å². The van der Waals surface area contributed by atoms with E-state index in [1.165, 1.54) is 12.3 Å². The summed E-state index contributed by atoms with van der Waals surface area (Å²) in [5.74, 6) is 1.40. The Balaban J connectivity index is 1.60. The van der Waals surface area contributed by atoms with Crippen LogP contribution in [0.5, 0.6) is 5.75 Å². The van der Waals surface area contributed by atoms with E-state index >= 15 is 0 Å². The van der Waals surface area contributed by atoms with Gasteiger partial charge in [-0.05, 0) is 18.6 Å². The first-order valence-corrected chi connectivity index (χ1v) is 13.6. The number of terminal acetylenes is 1. The molecular weight excluding hydrogens is 517 g/mol. The number of amides is 2. The average molecular weight is 550 g/mol. The van der Waals surface area contributed by atoms with Gasteiger partial charge in [0, 0.05) is 32.2 Å². The molecule has 2 fully saturated rings. The second-order valence-corrected chi connectivity index (χ2v) is 10.4. The normalized spacial score (nSPS) is 23.2. The van der Waals surface area contributed by atoms with Crippen molar-refractivity contribution in [2.24, 2.45) is 5.92 Å². The first-order chi connectivity index (χ1) is 18.3. The van der Waals surface area contributed by atoms with E-state index in [4.69, 9.17) is 29.7 Å². The van der Waals surface area contributed by atoms with E-state index in [0.717, 1.165) is 0 Å². The predicted octanol–water partition coefficient (Wildman–Crippen LogP) is 1.58. The van der Waals surface area contributed by atoms with Gasteiger partial charge in [-0.3, -0.25) is 24.2 Å². The van der Waals surface area contributed by atoms with Crippen molar-refractivity contribution >= 4 is 26.0 Å². The van der Waals surface area contributed by atoms with Crippen LogP contribution in [-0.4, -0.2) is 75.0 Å². The molecule has 0 aromatic heterocycles. The van der Waals surface area contributed by atoms with Gasteiger partial charge in [0.05, 0.1) is 31.8 Å². The Morgan fingerprint density at radius 2 is 2.00 bits per heavy atom. The number of carbonyl (C=O) groups is 3. The molecule has 2 aliphatic rings. The number of rotatable bonds is 13. The third-order valence-corrected chi connectivity index (χ3v) is 7.24. The Kier molecular flexibility index (Phi) is 11.3. The Labute approximate surface area is 221 Å². The van der Waals surface area contributed by atoms with Crippen LogP contribution in [-0.2, 0) is 37.7 Å². The van der Waals surface area contributed by atoms with Crippen LogP contribution in [0.25, 0.3) is 0 Å². The van der Waals surface area contributed by atoms with Crippen molar-refractivity contribution in [3.8, 4) is 18.1 Å². The van der Waals surface area contributed by atoms with Crippen molar-refractivity contribution in [1.82, 2.24) is 15.3 Å². The lowest BCUT2D eigenvalue weighted by atomic mass is 10.0. The fourth-order valence-corrected chi connectivity index (χ4v) is 5.14. The van der Waals surface area contributed by atoms with Crippen LogP contribution in [0.4, 0.5) is 0 Å². The molecule has 2 heterocycles. The maximum absolute atomic E-state index is 13.6. The highest BCUT2D eigenvalue weighted by Crippen LogP contribution is 2.45. The van der Waals surface area contributed by atoms with Gasteiger partial charge in [0.15, 0.2) is 0 Å². The summed E-state index contributed by atoms with van der Waals surface area (Å²) in [6, 6.07) is 8.41. The Bertz CT molecular complexity index is 1060. The summed E-state index contributed by atoms with van der Waals surface area (Å²) in [6.45, 7) is 0.493. The van der Waals surface area contributed by atoms with Crippen LogP contribution in [0.3, 0.4) is 0 Å². The summed E-state index contributed by atoms with van der Waals surface area (Å²) >= 11 is 0. The fraction of sp³-hybridized carbons (Fsp3) is 0.480. The second-order valence-electron chi connectivity index (χ2n) is 8.60. The molecule has 2 amide bonds. The van der Waals surface area contributed by atoms with Gasteiger partial charge in [-0.25, -0.2) is 9.65 Å². The maximum atomic E-state index is 13.6. The van der Waals surface area contributed by atoms with Gasteiger partial charge in [-0.2, -0.15) is 0 Å². The number of esters is 1. The highest BCUT2D eigenvalue weighted by Gasteiger charge is 2.38.